The van der Waals surface area contributed by atoms with Crippen LogP contribution in [0, 0.1) is 0 Å². The van der Waals surface area contributed by atoms with Gasteiger partial charge in [0, 0.05) is 36.9 Å². The van der Waals surface area contributed by atoms with Gasteiger partial charge in [-0.05, 0) is 47.3 Å². The van der Waals surface area contributed by atoms with Crippen LogP contribution >= 0.6 is 11.8 Å². The van der Waals surface area contributed by atoms with Gasteiger partial charge in [0.2, 0.25) is 11.1 Å². The van der Waals surface area contributed by atoms with Crippen molar-refractivity contribution >= 4 is 29.0 Å². The van der Waals surface area contributed by atoms with Crippen LogP contribution in [-0.4, -0.2) is 36.3 Å². The van der Waals surface area contributed by atoms with Gasteiger partial charge in [-0.1, -0.05) is 30.8 Å². The number of carbonyl (C=O) groups excluding carboxylic acids is 1. The molecule has 3 aromatic rings. The second-order valence-corrected chi connectivity index (χ2v) is 8.05. The number of rotatable bonds is 4. The van der Waals surface area contributed by atoms with E-state index in [1.165, 1.54) is 11.8 Å². The summed E-state index contributed by atoms with van der Waals surface area (Å²) >= 11 is 1.36. The van der Waals surface area contributed by atoms with Crippen molar-refractivity contribution in [3.05, 3.63) is 64.4 Å². The summed E-state index contributed by atoms with van der Waals surface area (Å²) in [7, 11) is 3.96. The smallest absolute Gasteiger partial charge is 0.325 e. The zero-order valence-electron chi connectivity index (χ0n) is 17.4. The van der Waals surface area contributed by atoms with E-state index in [2.05, 4.69) is 4.98 Å². The van der Waals surface area contributed by atoms with E-state index in [-0.39, 0.29) is 11.5 Å². The number of fused-ring (bicyclic) bond motifs is 3. The van der Waals surface area contributed by atoms with Crippen LogP contribution < -0.4 is 20.0 Å². The molecule has 4 rings (SSSR count). The first kappa shape index (κ1) is 20.2. The van der Waals surface area contributed by atoms with Crippen molar-refractivity contribution in [1.29, 1.82) is 0 Å². The molecule has 1 unspecified atom stereocenters. The fourth-order valence-electron chi connectivity index (χ4n) is 3.75. The predicted octanol–water partition coefficient (Wildman–Crippen LogP) is 2.82. The molecule has 1 aliphatic rings. The SMILES string of the molecule is CCC(=O)N1c2ccccc2-c2c(=O)[nH]c(SC)n[n+]2C1c1ccc(N(C)C)cc1. The number of aromatic nitrogens is 3. The third-order valence-electron chi connectivity index (χ3n) is 5.23. The number of aromatic amines is 1. The maximum absolute atomic E-state index is 13.1. The molecule has 1 atom stereocenters. The quantitative estimate of drug-likeness (QED) is 0.517. The van der Waals surface area contributed by atoms with Gasteiger partial charge in [-0.25, -0.2) is 4.90 Å². The van der Waals surface area contributed by atoms with Crippen LogP contribution in [0.1, 0.15) is 25.1 Å². The fraction of sp³-hybridized carbons (Fsp3) is 0.273. The Morgan fingerprint density at radius 1 is 1.20 bits per heavy atom. The molecular weight excluding hydrogens is 398 g/mol. The van der Waals surface area contributed by atoms with Crippen molar-refractivity contribution in [3.63, 3.8) is 0 Å². The van der Waals surface area contributed by atoms with Crippen LogP contribution in [0.3, 0.4) is 0 Å². The molecule has 0 fully saturated rings. The first-order valence-electron chi connectivity index (χ1n) is 9.75. The molecule has 1 aromatic heterocycles. The van der Waals surface area contributed by atoms with E-state index in [0.717, 1.165) is 16.9 Å². The standard InChI is InChI=1S/C22H23N5O2S/c1-5-18(28)26-17-9-7-6-8-16(17)19-20(29)23-22(30-4)24-27(19)21(26)14-10-12-15(13-11-14)25(2)3/h6-13,21H,5H2,1-4H3/p+1. The number of nitrogens with one attached hydrogen (secondary N) is 1. The van der Waals surface area contributed by atoms with Gasteiger partial charge in [-0.2, -0.15) is 0 Å². The Labute approximate surface area is 179 Å². The van der Waals surface area contributed by atoms with Crippen molar-refractivity contribution in [2.45, 2.75) is 24.7 Å². The third-order valence-corrected chi connectivity index (χ3v) is 5.80. The highest BCUT2D eigenvalue weighted by Gasteiger charge is 2.45. The van der Waals surface area contributed by atoms with Gasteiger partial charge in [0.25, 0.3) is 6.17 Å². The zero-order valence-corrected chi connectivity index (χ0v) is 18.2. The molecule has 0 bridgehead atoms. The van der Waals surface area contributed by atoms with E-state index in [4.69, 9.17) is 5.10 Å². The number of H-pyrrole nitrogens is 1. The van der Waals surface area contributed by atoms with Gasteiger partial charge in [0.05, 0.1) is 11.3 Å². The Kier molecular flexibility index (Phi) is 5.34. The van der Waals surface area contributed by atoms with Gasteiger partial charge in [-0.3, -0.25) is 14.6 Å². The largest absolute Gasteiger partial charge is 0.378 e. The van der Waals surface area contributed by atoms with E-state index >= 15 is 0 Å². The molecule has 0 saturated carbocycles. The minimum absolute atomic E-state index is 0.0323. The summed E-state index contributed by atoms with van der Waals surface area (Å²) in [5.41, 5.74) is 3.58. The first-order valence-corrected chi connectivity index (χ1v) is 11.0. The van der Waals surface area contributed by atoms with Crippen molar-refractivity contribution in [3.8, 4) is 11.3 Å². The molecule has 7 nitrogen and oxygen atoms in total. The van der Waals surface area contributed by atoms with Gasteiger partial charge < -0.3 is 4.90 Å². The number of carbonyl (C=O) groups is 1. The van der Waals surface area contributed by atoms with Crippen LogP contribution in [0.25, 0.3) is 11.3 Å². The minimum Gasteiger partial charge on any atom is -0.378 e. The molecule has 1 aliphatic heterocycles. The number of nitrogens with zero attached hydrogens (tertiary/aromatic N) is 4. The molecule has 2 aromatic carbocycles. The molecule has 0 aliphatic carbocycles. The van der Waals surface area contributed by atoms with E-state index < -0.39 is 6.17 Å². The number of benzene rings is 2. The van der Waals surface area contributed by atoms with E-state index in [0.29, 0.717) is 22.8 Å². The third kappa shape index (κ3) is 3.27. The normalized spacial score (nSPS) is 14.8. The summed E-state index contributed by atoms with van der Waals surface area (Å²) in [6, 6.07) is 15.5. The molecule has 30 heavy (non-hydrogen) atoms. The summed E-state index contributed by atoms with van der Waals surface area (Å²) < 4.78 is 1.69. The Bertz CT molecular complexity index is 1160. The monoisotopic (exact) mass is 422 g/mol. The van der Waals surface area contributed by atoms with Crippen molar-refractivity contribution in [2.24, 2.45) is 0 Å². The molecule has 2 heterocycles. The second-order valence-electron chi connectivity index (χ2n) is 7.25. The molecule has 0 radical (unpaired) electrons. The van der Waals surface area contributed by atoms with E-state index in [1.54, 1.807) is 9.58 Å². The Morgan fingerprint density at radius 3 is 2.53 bits per heavy atom. The number of thioether (sulfide) groups is 1. The fourth-order valence-corrected chi connectivity index (χ4v) is 4.11. The topological polar surface area (TPSA) is 73.2 Å². The summed E-state index contributed by atoms with van der Waals surface area (Å²) in [5.74, 6) is -0.0323. The van der Waals surface area contributed by atoms with Crippen LogP contribution in [0.2, 0.25) is 0 Å². The van der Waals surface area contributed by atoms with Crippen LogP contribution in [-0.2, 0) is 4.79 Å². The summed E-state index contributed by atoms with van der Waals surface area (Å²) in [4.78, 5) is 32.8. The lowest BCUT2D eigenvalue weighted by molar-refractivity contribution is -0.763. The summed E-state index contributed by atoms with van der Waals surface area (Å²) in [5, 5.41) is 5.20. The molecule has 1 amide bonds. The molecular formula is C22H24N5O2S+. The molecule has 1 N–H and O–H groups in total. The number of anilines is 2. The van der Waals surface area contributed by atoms with E-state index in [9.17, 15) is 9.59 Å². The maximum atomic E-state index is 13.1. The average Bonchev–Trinajstić information content (AvgIpc) is 2.77. The highest BCUT2D eigenvalue weighted by molar-refractivity contribution is 7.98. The van der Waals surface area contributed by atoms with Crippen molar-refractivity contribution in [2.75, 3.05) is 30.2 Å². The van der Waals surface area contributed by atoms with Crippen LogP contribution in [0.5, 0.6) is 0 Å². The number of para-hydroxylation sites is 1. The van der Waals surface area contributed by atoms with Gasteiger partial charge in [-0.15, -0.1) is 0 Å². The highest BCUT2D eigenvalue weighted by Crippen LogP contribution is 2.37. The maximum Gasteiger partial charge on any atom is 0.325 e. The van der Waals surface area contributed by atoms with Crippen LogP contribution in [0.15, 0.2) is 58.5 Å². The van der Waals surface area contributed by atoms with Crippen molar-refractivity contribution < 1.29 is 9.48 Å². The predicted molar refractivity (Wildman–Crippen MR) is 119 cm³/mol. The number of amides is 1. The molecule has 0 saturated heterocycles. The second kappa shape index (κ2) is 7.95. The summed E-state index contributed by atoms with van der Waals surface area (Å²) in [6.07, 6.45) is 1.65. The Morgan fingerprint density at radius 2 is 1.90 bits per heavy atom. The van der Waals surface area contributed by atoms with E-state index in [1.807, 2.05) is 80.7 Å². The zero-order chi connectivity index (χ0) is 21.4. The lowest BCUT2D eigenvalue weighted by Gasteiger charge is -2.32. The lowest BCUT2D eigenvalue weighted by atomic mass is 10.0. The average molecular weight is 423 g/mol. The molecule has 8 heteroatoms. The van der Waals surface area contributed by atoms with Gasteiger partial charge in [0.15, 0.2) is 0 Å². The molecule has 0 spiro atoms. The summed E-state index contributed by atoms with van der Waals surface area (Å²) in [6.45, 7) is 1.84. The number of hydrogen-bond acceptors (Lipinski definition) is 5. The highest BCUT2D eigenvalue weighted by atomic mass is 32.2. The molecule has 154 valence electrons. The van der Waals surface area contributed by atoms with Crippen molar-refractivity contribution in [1.82, 2.24) is 10.1 Å². The van der Waals surface area contributed by atoms with Gasteiger partial charge >= 0.3 is 11.3 Å². The van der Waals surface area contributed by atoms with Crippen LogP contribution in [0.4, 0.5) is 11.4 Å². The number of hydrogen-bond donors (Lipinski definition) is 1. The Hall–Kier alpha value is -3.13. The Balaban J connectivity index is 2.02. The minimum atomic E-state index is -0.549. The first-order chi connectivity index (χ1) is 14.5. The lowest BCUT2D eigenvalue weighted by Crippen LogP contribution is -2.60. The van der Waals surface area contributed by atoms with Gasteiger partial charge in [0.1, 0.15) is 0 Å².